The fourth-order valence-corrected chi connectivity index (χ4v) is 1.08. The molecule has 0 aliphatic rings. The van der Waals surface area contributed by atoms with Crippen LogP contribution in [0.15, 0.2) is 29.8 Å². The van der Waals surface area contributed by atoms with E-state index in [-0.39, 0.29) is 5.91 Å². The SMILES string of the molecule is CC(=Cc1cccc(C)c1)C(N)=O. The summed E-state index contributed by atoms with van der Waals surface area (Å²) in [6, 6.07) is 7.91. The number of carbonyl (C=O) groups excluding carboxylic acids is 1. The maximum Gasteiger partial charge on any atom is 0.244 e. The van der Waals surface area contributed by atoms with Crippen LogP contribution in [-0.4, -0.2) is 5.91 Å². The maximum atomic E-state index is 10.7. The Bertz CT molecular complexity index is 353. The van der Waals surface area contributed by atoms with Gasteiger partial charge in [0.2, 0.25) is 5.91 Å². The quantitative estimate of drug-likeness (QED) is 0.685. The second kappa shape index (κ2) is 3.90. The minimum atomic E-state index is -0.374. The van der Waals surface area contributed by atoms with Crippen molar-refractivity contribution < 1.29 is 4.79 Å². The number of nitrogens with two attached hydrogens (primary N) is 1. The number of aryl methyl sites for hydroxylation is 1. The van der Waals surface area contributed by atoms with E-state index in [9.17, 15) is 4.79 Å². The molecule has 0 saturated carbocycles. The number of primary amides is 1. The van der Waals surface area contributed by atoms with Gasteiger partial charge < -0.3 is 5.73 Å². The Kier molecular flexibility index (Phi) is 2.85. The Labute approximate surface area is 78.1 Å². The van der Waals surface area contributed by atoms with Crippen molar-refractivity contribution in [3.8, 4) is 0 Å². The molecule has 0 heterocycles. The van der Waals surface area contributed by atoms with Crippen molar-refractivity contribution in [2.24, 2.45) is 5.73 Å². The van der Waals surface area contributed by atoms with Crippen molar-refractivity contribution in [2.75, 3.05) is 0 Å². The lowest BCUT2D eigenvalue weighted by molar-refractivity contribution is -0.114. The van der Waals surface area contributed by atoms with E-state index in [1.54, 1.807) is 13.0 Å². The fraction of sp³-hybridized carbons (Fsp3) is 0.182. The van der Waals surface area contributed by atoms with E-state index in [1.807, 2.05) is 31.2 Å². The van der Waals surface area contributed by atoms with E-state index < -0.39 is 0 Å². The summed E-state index contributed by atoms with van der Waals surface area (Å²) in [4.78, 5) is 10.7. The Hall–Kier alpha value is -1.57. The molecule has 13 heavy (non-hydrogen) atoms. The highest BCUT2D eigenvalue weighted by molar-refractivity contribution is 5.95. The number of rotatable bonds is 2. The van der Waals surface area contributed by atoms with Gasteiger partial charge in [0.05, 0.1) is 0 Å². The number of carbonyl (C=O) groups is 1. The predicted molar refractivity (Wildman–Crippen MR) is 54.0 cm³/mol. The minimum absolute atomic E-state index is 0.374. The van der Waals surface area contributed by atoms with Crippen molar-refractivity contribution in [3.63, 3.8) is 0 Å². The zero-order chi connectivity index (χ0) is 9.84. The molecule has 0 aliphatic heterocycles. The van der Waals surface area contributed by atoms with Crippen molar-refractivity contribution >= 4 is 12.0 Å². The lowest BCUT2D eigenvalue weighted by Gasteiger charge is -1.97. The molecular formula is C11H13NO. The Morgan fingerprint density at radius 3 is 2.69 bits per heavy atom. The number of benzene rings is 1. The van der Waals surface area contributed by atoms with Crippen LogP contribution < -0.4 is 5.73 Å². The molecule has 2 N–H and O–H groups in total. The zero-order valence-corrected chi connectivity index (χ0v) is 7.87. The van der Waals surface area contributed by atoms with Gasteiger partial charge in [-0.15, -0.1) is 0 Å². The monoisotopic (exact) mass is 175 g/mol. The normalized spacial score (nSPS) is 11.4. The minimum Gasteiger partial charge on any atom is -0.366 e. The molecule has 68 valence electrons. The van der Waals surface area contributed by atoms with Crippen LogP contribution in [0.25, 0.3) is 6.08 Å². The molecule has 0 unspecified atom stereocenters. The van der Waals surface area contributed by atoms with Crippen LogP contribution in [0.2, 0.25) is 0 Å². The van der Waals surface area contributed by atoms with Crippen molar-refractivity contribution in [3.05, 3.63) is 41.0 Å². The van der Waals surface area contributed by atoms with Crippen LogP contribution in [0.3, 0.4) is 0 Å². The smallest absolute Gasteiger partial charge is 0.244 e. The van der Waals surface area contributed by atoms with Gasteiger partial charge >= 0.3 is 0 Å². The largest absolute Gasteiger partial charge is 0.366 e. The number of amides is 1. The second-order valence-corrected chi connectivity index (χ2v) is 3.11. The van der Waals surface area contributed by atoms with Gasteiger partial charge in [0.1, 0.15) is 0 Å². The molecule has 0 aromatic heterocycles. The summed E-state index contributed by atoms with van der Waals surface area (Å²) in [5.74, 6) is -0.374. The Morgan fingerprint density at radius 2 is 2.15 bits per heavy atom. The third kappa shape index (κ3) is 2.75. The third-order valence-electron chi connectivity index (χ3n) is 1.81. The van der Waals surface area contributed by atoms with Crippen LogP contribution in [0.5, 0.6) is 0 Å². The molecule has 1 amide bonds. The highest BCUT2D eigenvalue weighted by Crippen LogP contribution is 2.08. The first-order valence-corrected chi connectivity index (χ1v) is 4.14. The van der Waals surface area contributed by atoms with Gasteiger partial charge in [-0.2, -0.15) is 0 Å². The highest BCUT2D eigenvalue weighted by atomic mass is 16.1. The molecule has 0 aliphatic carbocycles. The van der Waals surface area contributed by atoms with Crippen LogP contribution in [0.4, 0.5) is 0 Å². The highest BCUT2D eigenvalue weighted by Gasteiger charge is 1.96. The summed E-state index contributed by atoms with van der Waals surface area (Å²) in [6.07, 6.45) is 1.79. The lowest BCUT2D eigenvalue weighted by Crippen LogP contribution is -2.11. The third-order valence-corrected chi connectivity index (χ3v) is 1.81. The number of hydrogen-bond acceptors (Lipinski definition) is 1. The van der Waals surface area contributed by atoms with Gasteiger partial charge in [-0.1, -0.05) is 29.8 Å². The van der Waals surface area contributed by atoms with E-state index in [1.165, 1.54) is 5.56 Å². The summed E-state index contributed by atoms with van der Waals surface area (Å²) in [7, 11) is 0. The molecular weight excluding hydrogens is 162 g/mol. The summed E-state index contributed by atoms with van der Waals surface area (Å²) in [5, 5.41) is 0. The molecule has 2 nitrogen and oxygen atoms in total. The summed E-state index contributed by atoms with van der Waals surface area (Å²) in [6.45, 7) is 3.72. The topological polar surface area (TPSA) is 43.1 Å². The van der Waals surface area contributed by atoms with Crippen LogP contribution >= 0.6 is 0 Å². The molecule has 1 aromatic carbocycles. The van der Waals surface area contributed by atoms with Crippen molar-refractivity contribution in [2.45, 2.75) is 13.8 Å². The van der Waals surface area contributed by atoms with Gasteiger partial charge in [-0.05, 0) is 25.5 Å². The average molecular weight is 175 g/mol. The number of hydrogen-bond donors (Lipinski definition) is 1. The molecule has 0 radical (unpaired) electrons. The van der Waals surface area contributed by atoms with Crippen LogP contribution in [0, 0.1) is 6.92 Å². The molecule has 0 fully saturated rings. The van der Waals surface area contributed by atoms with E-state index in [0.717, 1.165) is 5.56 Å². The zero-order valence-electron chi connectivity index (χ0n) is 7.87. The molecule has 0 atom stereocenters. The first-order chi connectivity index (χ1) is 6.09. The molecule has 2 heteroatoms. The van der Waals surface area contributed by atoms with Gasteiger partial charge in [0, 0.05) is 5.57 Å². The van der Waals surface area contributed by atoms with E-state index in [2.05, 4.69) is 0 Å². The van der Waals surface area contributed by atoms with Crippen LogP contribution in [-0.2, 0) is 4.79 Å². The summed E-state index contributed by atoms with van der Waals surface area (Å²) in [5.41, 5.74) is 7.87. The predicted octanol–water partition coefficient (Wildman–Crippen LogP) is 1.88. The van der Waals surface area contributed by atoms with E-state index >= 15 is 0 Å². The average Bonchev–Trinajstić information content (AvgIpc) is 2.04. The second-order valence-electron chi connectivity index (χ2n) is 3.11. The first-order valence-electron chi connectivity index (χ1n) is 4.14. The van der Waals surface area contributed by atoms with E-state index in [0.29, 0.717) is 5.57 Å². The Morgan fingerprint density at radius 1 is 1.46 bits per heavy atom. The molecule has 0 spiro atoms. The fourth-order valence-electron chi connectivity index (χ4n) is 1.08. The standard InChI is InChI=1S/C11H13NO/c1-8-4-3-5-10(6-8)7-9(2)11(12)13/h3-7H,1-2H3,(H2,12,13). The lowest BCUT2D eigenvalue weighted by atomic mass is 10.1. The summed E-state index contributed by atoms with van der Waals surface area (Å²) >= 11 is 0. The first kappa shape index (κ1) is 9.52. The Balaban J connectivity index is 2.97. The summed E-state index contributed by atoms with van der Waals surface area (Å²) < 4.78 is 0. The van der Waals surface area contributed by atoms with Gasteiger partial charge in [0.25, 0.3) is 0 Å². The van der Waals surface area contributed by atoms with Crippen molar-refractivity contribution in [1.29, 1.82) is 0 Å². The maximum absolute atomic E-state index is 10.7. The molecule has 0 saturated heterocycles. The van der Waals surface area contributed by atoms with E-state index in [4.69, 9.17) is 5.73 Å². The van der Waals surface area contributed by atoms with Gasteiger partial charge in [-0.3, -0.25) is 4.79 Å². The van der Waals surface area contributed by atoms with Gasteiger partial charge in [-0.25, -0.2) is 0 Å². The van der Waals surface area contributed by atoms with Crippen molar-refractivity contribution in [1.82, 2.24) is 0 Å². The van der Waals surface area contributed by atoms with Gasteiger partial charge in [0.15, 0.2) is 0 Å². The molecule has 1 aromatic rings. The molecule has 0 bridgehead atoms. The van der Waals surface area contributed by atoms with Crippen LogP contribution in [0.1, 0.15) is 18.1 Å². The molecule has 1 rings (SSSR count).